The first kappa shape index (κ1) is 63.0. The minimum atomic E-state index is -5.38. The number of esters is 2. The fourth-order valence-corrected chi connectivity index (χ4v) is 8.99. The first-order chi connectivity index (χ1) is 33.2. The summed E-state index contributed by atoms with van der Waals surface area (Å²) in [4.78, 5) is 36.5. The van der Waals surface area contributed by atoms with E-state index in [1.807, 2.05) is 0 Å². The van der Waals surface area contributed by atoms with Crippen molar-refractivity contribution in [3.8, 4) is 0 Å². The van der Waals surface area contributed by atoms with Gasteiger partial charge in [-0.3, -0.25) is 18.6 Å². The molecule has 9 N–H and O–H groups in total. The number of carbonyl (C=O) groups is 2. The molecule has 402 valence electrons. The van der Waals surface area contributed by atoms with E-state index in [9.17, 15) is 59.9 Å². The number of hydrogen-bond donors (Lipinski definition) is 9. The minimum absolute atomic E-state index is 0.0186. The molecular formula is C50H89O18P. The summed E-state index contributed by atoms with van der Waals surface area (Å²) in [5.41, 5.74) is 0. The summed E-state index contributed by atoms with van der Waals surface area (Å²) in [6.07, 6.45) is 13.7. The van der Waals surface area contributed by atoms with Crippen molar-refractivity contribution in [3.63, 3.8) is 0 Å². The van der Waals surface area contributed by atoms with Crippen molar-refractivity contribution in [3.05, 3.63) is 36.5 Å². The smallest absolute Gasteiger partial charge is 0.462 e. The van der Waals surface area contributed by atoms with Gasteiger partial charge in [0, 0.05) is 12.8 Å². The second-order valence-corrected chi connectivity index (χ2v) is 19.8. The molecule has 69 heavy (non-hydrogen) atoms. The molecule has 0 spiro atoms. The highest BCUT2D eigenvalue weighted by Crippen LogP contribution is 2.48. The average molecular weight is 1010 g/mol. The molecule has 1 saturated heterocycles. The molecule has 18 nitrogen and oxygen atoms in total. The number of unbranched alkanes of at least 4 members (excludes halogenated alkanes) is 18. The van der Waals surface area contributed by atoms with Crippen molar-refractivity contribution < 1.29 is 87.9 Å². The van der Waals surface area contributed by atoms with Gasteiger partial charge < -0.3 is 64.7 Å². The van der Waals surface area contributed by atoms with Crippen molar-refractivity contribution in [1.29, 1.82) is 0 Å². The van der Waals surface area contributed by atoms with Crippen LogP contribution in [-0.2, 0) is 42.1 Å². The third kappa shape index (κ3) is 26.4. The second-order valence-electron chi connectivity index (χ2n) is 18.4. The van der Waals surface area contributed by atoms with E-state index in [0.717, 1.165) is 83.5 Å². The third-order valence-electron chi connectivity index (χ3n) is 12.3. The first-order valence-electron chi connectivity index (χ1n) is 25.8. The molecule has 0 aromatic heterocycles. The molecule has 1 aliphatic heterocycles. The monoisotopic (exact) mass is 1010 g/mol. The van der Waals surface area contributed by atoms with E-state index in [1.54, 1.807) is 0 Å². The Hall–Kier alpha value is -2.13. The van der Waals surface area contributed by atoms with Gasteiger partial charge in [-0.25, -0.2) is 4.57 Å². The van der Waals surface area contributed by atoms with E-state index >= 15 is 0 Å². The molecule has 19 heteroatoms. The maximum absolute atomic E-state index is 13.4. The topological polar surface area (TPSA) is 289 Å². The Kier molecular flexibility index (Phi) is 34.3. The van der Waals surface area contributed by atoms with Crippen molar-refractivity contribution in [2.45, 2.75) is 248 Å². The Morgan fingerprint density at radius 3 is 1.52 bits per heavy atom. The van der Waals surface area contributed by atoms with Gasteiger partial charge in [-0.1, -0.05) is 127 Å². The van der Waals surface area contributed by atoms with Crippen LogP contribution in [0.4, 0.5) is 0 Å². The molecule has 0 amide bonds. The van der Waals surface area contributed by atoms with Crippen LogP contribution in [0.15, 0.2) is 36.5 Å². The molecule has 1 saturated carbocycles. The van der Waals surface area contributed by atoms with Crippen LogP contribution in [0, 0.1) is 0 Å². The standard InChI is InChI=1S/C50H89O18P/c1-3-5-7-9-11-13-15-17-18-19-21-22-24-26-28-30-32-39(52)63-35-37(65-40(53)33-31-29-27-25-23-20-16-14-12-10-8-6-4-2)36-64-69(61,62)68-49-46(59)44(57)43(56)45(58)48(49)67-50-47(60)42(55)41(54)38(34-51)66-50/h13-16,18-19,37-38,41-51,54-60H,3-12,17,20-36H2,1-2H3,(H,61,62)/b15-13-,16-14-,19-18-/t37-,38?,41-,42?,43-,44?,45?,46?,47-,48-,49-,50-/m1/s1. The lowest BCUT2D eigenvalue weighted by Crippen LogP contribution is -2.67. The van der Waals surface area contributed by atoms with Crippen LogP contribution in [0.2, 0.25) is 0 Å². The number of aliphatic hydroxyl groups excluding tert-OH is 8. The van der Waals surface area contributed by atoms with Gasteiger partial charge in [-0.05, 0) is 70.6 Å². The van der Waals surface area contributed by atoms with E-state index in [4.69, 9.17) is 28.0 Å². The lowest BCUT2D eigenvalue weighted by molar-refractivity contribution is -0.338. The summed E-state index contributed by atoms with van der Waals surface area (Å²) in [5, 5.41) is 82.9. The zero-order valence-electron chi connectivity index (χ0n) is 41.3. The van der Waals surface area contributed by atoms with E-state index < -0.39 is 113 Å². The zero-order valence-corrected chi connectivity index (χ0v) is 42.2. The molecule has 2 aliphatic rings. The van der Waals surface area contributed by atoms with E-state index in [1.165, 1.54) is 51.4 Å². The van der Waals surface area contributed by atoms with Crippen molar-refractivity contribution >= 4 is 19.8 Å². The van der Waals surface area contributed by atoms with Crippen LogP contribution in [-0.4, -0.2) is 151 Å². The summed E-state index contributed by atoms with van der Waals surface area (Å²) in [6, 6.07) is 0. The van der Waals surface area contributed by atoms with Gasteiger partial charge >= 0.3 is 19.8 Å². The Labute approximate surface area is 410 Å². The maximum Gasteiger partial charge on any atom is 0.472 e. The molecule has 0 radical (unpaired) electrons. The number of rotatable bonds is 39. The van der Waals surface area contributed by atoms with Crippen LogP contribution in [0.3, 0.4) is 0 Å². The Morgan fingerprint density at radius 2 is 1.00 bits per heavy atom. The van der Waals surface area contributed by atoms with Gasteiger partial charge in [0.1, 0.15) is 67.6 Å². The van der Waals surface area contributed by atoms with Crippen LogP contribution in [0.5, 0.6) is 0 Å². The van der Waals surface area contributed by atoms with Gasteiger partial charge in [-0.2, -0.15) is 0 Å². The van der Waals surface area contributed by atoms with Gasteiger partial charge in [0.25, 0.3) is 0 Å². The largest absolute Gasteiger partial charge is 0.472 e. The molecular weight excluding hydrogens is 920 g/mol. The normalized spacial score (nSPS) is 27.8. The summed E-state index contributed by atoms with van der Waals surface area (Å²) in [5.74, 6) is -1.24. The van der Waals surface area contributed by atoms with Crippen molar-refractivity contribution in [2.75, 3.05) is 19.8 Å². The highest BCUT2D eigenvalue weighted by Gasteiger charge is 2.55. The number of allylic oxidation sites excluding steroid dienone is 6. The Balaban J connectivity index is 1.95. The average Bonchev–Trinajstić information content (AvgIpc) is 3.33. The Bertz CT molecular complexity index is 1480. The maximum atomic E-state index is 13.4. The van der Waals surface area contributed by atoms with Crippen LogP contribution in [0.1, 0.15) is 174 Å². The van der Waals surface area contributed by atoms with Crippen LogP contribution in [0.25, 0.3) is 0 Å². The lowest BCUT2D eigenvalue weighted by atomic mass is 9.84. The van der Waals surface area contributed by atoms with Gasteiger partial charge in [-0.15, -0.1) is 0 Å². The predicted molar refractivity (Wildman–Crippen MR) is 258 cm³/mol. The Morgan fingerprint density at radius 1 is 0.551 bits per heavy atom. The van der Waals surface area contributed by atoms with Crippen molar-refractivity contribution in [2.24, 2.45) is 0 Å². The highest BCUT2D eigenvalue weighted by molar-refractivity contribution is 7.47. The minimum Gasteiger partial charge on any atom is -0.462 e. The quantitative estimate of drug-likeness (QED) is 0.0147. The van der Waals surface area contributed by atoms with Gasteiger partial charge in [0.05, 0.1) is 13.2 Å². The molecule has 2 fully saturated rings. The molecule has 0 bridgehead atoms. The zero-order chi connectivity index (χ0) is 50.9. The number of hydrogen-bond acceptors (Lipinski definition) is 17. The predicted octanol–water partition coefficient (Wildman–Crippen LogP) is 6.05. The van der Waals surface area contributed by atoms with E-state index in [2.05, 4.69) is 50.3 Å². The summed E-state index contributed by atoms with van der Waals surface area (Å²) in [6.45, 7) is 2.17. The van der Waals surface area contributed by atoms with Gasteiger partial charge in [0.15, 0.2) is 12.4 Å². The molecule has 1 heterocycles. The fourth-order valence-electron chi connectivity index (χ4n) is 8.02. The molecule has 6 unspecified atom stereocenters. The van der Waals surface area contributed by atoms with E-state index in [-0.39, 0.29) is 12.8 Å². The number of phosphoric ester groups is 1. The first-order valence-corrected chi connectivity index (χ1v) is 27.3. The SMILES string of the molecule is CCCCCC/C=C\C/C=C\CCCCCCCC(=O)OC[C@H](COP(=O)(O)O[C@@H]1C(O)C(O)[C@@H](O)C(O)[C@H]1O[C@H]1OC(CO)[C@@H](O)C(O)[C@H]1O)OC(=O)CCCCCCC/C=C\CCCCCC. The third-order valence-corrected chi connectivity index (χ3v) is 13.3. The fraction of sp³-hybridized carbons (Fsp3) is 0.840. The number of ether oxygens (including phenoxy) is 4. The number of phosphoric acid groups is 1. The summed E-state index contributed by atoms with van der Waals surface area (Å²) in [7, 11) is -5.38. The van der Waals surface area contributed by atoms with E-state index in [0.29, 0.717) is 12.8 Å². The molecule has 0 aromatic rings. The summed E-state index contributed by atoms with van der Waals surface area (Å²) < 4.78 is 45.4. The van der Waals surface area contributed by atoms with Gasteiger partial charge in [0.2, 0.25) is 0 Å². The second kappa shape index (κ2) is 37.6. The lowest BCUT2D eigenvalue weighted by Gasteiger charge is -2.47. The van der Waals surface area contributed by atoms with Crippen LogP contribution < -0.4 is 0 Å². The summed E-state index contributed by atoms with van der Waals surface area (Å²) >= 11 is 0. The van der Waals surface area contributed by atoms with Crippen molar-refractivity contribution in [1.82, 2.24) is 0 Å². The molecule has 1 aliphatic carbocycles. The van der Waals surface area contributed by atoms with Crippen LogP contribution >= 0.6 is 7.82 Å². The molecule has 2 rings (SSSR count). The molecule has 0 aromatic carbocycles. The number of aliphatic hydroxyl groups is 8. The number of carbonyl (C=O) groups excluding carboxylic acids is 2. The molecule has 13 atom stereocenters. The highest BCUT2D eigenvalue weighted by atomic mass is 31.2.